The van der Waals surface area contributed by atoms with E-state index in [2.05, 4.69) is 5.32 Å². The van der Waals surface area contributed by atoms with Crippen molar-refractivity contribution >= 4 is 0 Å². The second-order valence-electron chi connectivity index (χ2n) is 2.65. The monoisotopic (exact) mass is 145 g/mol. The van der Waals surface area contributed by atoms with Gasteiger partial charge in [-0.2, -0.15) is 0 Å². The number of hydrogen-bond donors (Lipinski definition) is 1. The van der Waals surface area contributed by atoms with Gasteiger partial charge in [-0.1, -0.05) is 0 Å². The van der Waals surface area contributed by atoms with Gasteiger partial charge in [-0.3, -0.25) is 0 Å². The van der Waals surface area contributed by atoms with Crippen molar-refractivity contribution in [2.45, 2.75) is 18.6 Å². The fraction of sp³-hybridized carbons (Fsp3) is 1.00. The summed E-state index contributed by atoms with van der Waals surface area (Å²) < 4.78 is 10.2. The molecule has 0 saturated carbocycles. The quantitative estimate of drug-likeness (QED) is 0.607. The van der Waals surface area contributed by atoms with Crippen LogP contribution < -0.4 is 5.32 Å². The standard InChI is InChI=1S/C7H15NO2/c1-9-5-6-3-7(10-2)4-8-6/h6-8H,3-5H2,1-2H3/t6-,7+/m0/s1. The van der Waals surface area contributed by atoms with E-state index < -0.39 is 0 Å². The van der Waals surface area contributed by atoms with Crippen molar-refractivity contribution in [1.29, 1.82) is 0 Å². The van der Waals surface area contributed by atoms with Gasteiger partial charge in [0.05, 0.1) is 12.7 Å². The van der Waals surface area contributed by atoms with Crippen molar-refractivity contribution < 1.29 is 9.47 Å². The topological polar surface area (TPSA) is 30.5 Å². The van der Waals surface area contributed by atoms with E-state index in [0.717, 1.165) is 19.6 Å². The van der Waals surface area contributed by atoms with Gasteiger partial charge in [0.15, 0.2) is 0 Å². The number of rotatable bonds is 3. The van der Waals surface area contributed by atoms with Crippen LogP contribution in [0.3, 0.4) is 0 Å². The molecular formula is C7H15NO2. The summed E-state index contributed by atoms with van der Waals surface area (Å²) in [7, 11) is 3.48. The molecule has 1 fully saturated rings. The highest BCUT2D eigenvalue weighted by atomic mass is 16.5. The average molecular weight is 145 g/mol. The van der Waals surface area contributed by atoms with Crippen molar-refractivity contribution in [2.24, 2.45) is 0 Å². The Morgan fingerprint density at radius 2 is 2.30 bits per heavy atom. The van der Waals surface area contributed by atoms with Crippen LogP contribution >= 0.6 is 0 Å². The van der Waals surface area contributed by atoms with Gasteiger partial charge in [-0.05, 0) is 6.42 Å². The van der Waals surface area contributed by atoms with Gasteiger partial charge in [0.1, 0.15) is 0 Å². The summed E-state index contributed by atoms with van der Waals surface area (Å²) in [6.45, 7) is 1.75. The van der Waals surface area contributed by atoms with E-state index in [-0.39, 0.29) is 0 Å². The van der Waals surface area contributed by atoms with Crippen molar-refractivity contribution in [1.82, 2.24) is 5.32 Å². The highest BCUT2D eigenvalue weighted by Gasteiger charge is 2.22. The molecule has 0 spiro atoms. The van der Waals surface area contributed by atoms with Crippen LogP contribution in [0, 0.1) is 0 Å². The fourth-order valence-electron chi connectivity index (χ4n) is 1.29. The number of methoxy groups -OCH3 is 2. The molecule has 60 valence electrons. The molecule has 10 heavy (non-hydrogen) atoms. The normalized spacial score (nSPS) is 33.0. The maximum absolute atomic E-state index is 5.17. The van der Waals surface area contributed by atoms with E-state index in [1.54, 1.807) is 14.2 Å². The number of nitrogens with one attached hydrogen (secondary N) is 1. The summed E-state index contributed by atoms with van der Waals surface area (Å²) in [5.74, 6) is 0. The van der Waals surface area contributed by atoms with E-state index in [1.807, 2.05) is 0 Å². The largest absolute Gasteiger partial charge is 0.383 e. The van der Waals surface area contributed by atoms with Gasteiger partial charge in [0.25, 0.3) is 0 Å². The molecule has 0 amide bonds. The summed E-state index contributed by atoms with van der Waals surface area (Å²) in [4.78, 5) is 0. The zero-order valence-corrected chi connectivity index (χ0v) is 6.59. The Morgan fingerprint density at radius 1 is 1.50 bits per heavy atom. The molecule has 0 radical (unpaired) electrons. The fourth-order valence-corrected chi connectivity index (χ4v) is 1.29. The maximum Gasteiger partial charge on any atom is 0.0711 e. The van der Waals surface area contributed by atoms with Crippen LogP contribution in [0.25, 0.3) is 0 Å². The van der Waals surface area contributed by atoms with Gasteiger partial charge in [-0.25, -0.2) is 0 Å². The number of hydrogen-bond acceptors (Lipinski definition) is 3. The SMILES string of the molecule is COC[C@@H]1C[C@@H](OC)CN1. The molecule has 0 unspecified atom stereocenters. The Hall–Kier alpha value is -0.120. The molecule has 1 saturated heterocycles. The van der Waals surface area contributed by atoms with Gasteiger partial charge in [0.2, 0.25) is 0 Å². The first-order valence-corrected chi connectivity index (χ1v) is 3.62. The van der Waals surface area contributed by atoms with Crippen LogP contribution in [0.5, 0.6) is 0 Å². The smallest absolute Gasteiger partial charge is 0.0711 e. The van der Waals surface area contributed by atoms with Crippen LogP contribution in [-0.2, 0) is 9.47 Å². The Morgan fingerprint density at radius 3 is 2.80 bits per heavy atom. The zero-order chi connectivity index (χ0) is 7.40. The van der Waals surface area contributed by atoms with Crippen molar-refractivity contribution in [2.75, 3.05) is 27.4 Å². The third kappa shape index (κ3) is 1.94. The third-order valence-electron chi connectivity index (χ3n) is 1.88. The molecule has 2 atom stereocenters. The van der Waals surface area contributed by atoms with E-state index >= 15 is 0 Å². The van der Waals surface area contributed by atoms with E-state index in [0.29, 0.717) is 12.1 Å². The van der Waals surface area contributed by atoms with Gasteiger partial charge in [0, 0.05) is 26.8 Å². The molecule has 1 rings (SSSR count). The Kier molecular flexibility index (Phi) is 3.12. The summed E-state index contributed by atoms with van der Waals surface area (Å²) in [6.07, 6.45) is 1.46. The molecule has 0 aromatic carbocycles. The zero-order valence-electron chi connectivity index (χ0n) is 6.59. The lowest BCUT2D eigenvalue weighted by molar-refractivity contribution is 0.110. The lowest BCUT2D eigenvalue weighted by atomic mass is 10.2. The maximum atomic E-state index is 5.17. The molecule has 1 aliphatic rings. The predicted molar refractivity (Wildman–Crippen MR) is 39.1 cm³/mol. The van der Waals surface area contributed by atoms with Gasteiger partial charge >= 0.3 is 0 Å². The molecule has 1 heterocycles. The first-order valence-electron chi connectivity index (χ1n) is 3.62. The Balaban J connectivity index is 2.15. The lowest BCUT2D eigenvalue weighted by Crippen LogP contribution is -2.25. The van der Waals surface area contributed by atoms with Gasteiger partial charge in [-0.15, -0.1) is 0 Å². The average Bonchev–Trinajstić information content (AvgIpc) is 2.37. The number of ether oxygens (including phenoxy) is 2. The summed E-state index contributed by atoms with van der Waals surface area (Å²) in [6, 6.07) is 0.495. The van der Waals surface area contributed by atoms with Crippen LogP contribution in [-0.4, -0.2) is 39.5 Å². The summed E-state index contributed by atoms with van der Waals surface area (Å²) in [5, 5.41) is 3.31. The molecular weight excluding hydrogens is 130 g/mol. The molecule has 0 bridgehead atoms. The molecule has 0 aromatic rings. The minimum Gasteiger partial charge on any atom is -0.383 e. The molecule has 0 aromatic heterocycles. The molecule has 3 heteroatoms. The van der Waals surface area contributed by atoms with Crippen LogP contribution in [0.1, 0.15) is 6.42 Å². The van der Waals surface area contributed by atoms with Crippen LogP contribution in [0.2, 0.25) is 0 Å². The first kappa shape index (κ1) is 7.98. The highest BCUT2D eigenvalue weighted by Crippen LogP contribution is 2.08. The third-order valence-corrected chi connectivity index (χ3v) is 1.88. The molecule has 1 N–H and O–H groups in total. The molecule has 0 aliphatic carbocycles. The summed E-state index contributed by atoms with van der Waals surface area (Å²) in [5.41, 5.74) is 0. The Labute approximate surface area is 61.7 Å². The van der Waals surface area contributed by atoms with Crippen LogP contribution in [0.4, 0.5) is 0 Å². The van der Waals surface area contributed by atoms with Crippen molar-refractivity contribution in [3.05, 3.63) is 0 Å². The van der Waals surface area contributed by atoms with E-state index in [9.17, 15) is 0 Å². The second kappa shape index (κ2) is 3.91. The van der Waals surface area contributed by atoms with Crippen LogP contribution in [0.15, 0.2) is 0 Å². The second-order valence-corrected chi connectivity index (χ2v) is 2.65. The van der Waals surface area contributed by atoms with Crippen molar-refractivity contribution in [3.8, 4) is 0 Å². The van der Waals surface area contributed by atoms with Crippen molar-refractivity contribution in [3.63, 3.8) is 0 Å². The molecule has 1 aliphatic heterocycles. The summed E-state index contributed by atoms with van der Waals surface area (Å²) >= 11 is 0. The van der Waals surface area contributed by atoms with Gasteiger partial charge < -0.3 is 14.8 Å². The molecule has 3 nitrogen and oxygen atoms in total. The minimum atomic E-state index is 0.389. The predicted octanol–water partition coefficient (Wildman–Crippen LogP) is 0.00970. The lowest BCUT2D eigenvalue weighted by Gasteiger charge is -2.07. The minimum absolute atomic E-state index is 0.389. The van der Waals surface area contributed by atoms with E-state index in [4.69, 9.17) is 9.47 Å². The highest BCUT2D eigenvalue weighted by molar-refractivity contribution is 4.81. The van der Waals surface area contributed by atoms with E-state index in [1.165, 1.54) is 0 Å². The Bertz CT molecular complexity index is 97.6. The first-order chi connectivity index (χ1) is 4.86.